The predicted octanol–water partition coefficient (Wildman–Crippen LogP) is 4.86. The molecule has 1 unspecified atom stereocenters. The van der Waals surface area contributed by atoms with E-state index in [0.29, 0.717) is 5.75 Å². The lowest BCUT2D eigenvalue weighted by molar-refractivity contribution is -0.119. The summed E-state index contributed by atoms with van der Waals surface area (Å²) in [4.78, 5) is 12.6. The second-order valence-electron chi connectivity index (χ2n) is 7.25. The minimum Gasteiger partial charge on any atom is -0.349 e. The Labute approximate surface area is 174 Å². The van der Waals surface area contributed by atoms with Crippen molar-refractivity contribution in [2.45, 2.75) is 38.4 Å². The molecule has 148 valence electrons. The summed E-state index contributed by atoms with van der Waals surface area (Å²) in [7, 11) is 0. The molecule has 5 nitrogen and oxygen atoms in total. The second kappa shape index (κ2) is 8.25. The van der Waals surface area contributed by atoms with E-state index in [4.69, 9.17) is 0 Å². The Morgan fingerprint density at radius 3 is 2.62 bits per heavy atom. The highest BCUT2D eigenvalue weighted by molar-refractivity contribution is 7.99. The molecule has 29 heavy (non-hydrogen) atoms. The summed E-state index contributed by atoms with van der Waals surface area (Å²) >= 11 is 1.41. The van der Waals surface area contributed by atoms with Crippen LogP contribution in [-0.4, -0.2) is 26.3 Å². The van der Waals surface area contributed by atoms with Crippen molar-refractivity contribution in [1.29, 1.82) is 0 Å². The molecule has 1 N–H and O–H groups in total. The van der Waals surface area contributed by atoms with Crippen LogP contribution in [0.3, 0.4) is 0 Å². The van der Waals surface area contributed by atoms with Gasteiger partial charge in [-0.2, -0.15) is 0 Å². The molecule has 0 aliphatic rings. The lowest BCUT2D eigenvalue weighted by atomic mass is 10.0. The standard InChI is InChI=1S/C23H24N4OS/c1-4-19(17-11-9-15(2)10-12-17)24-22(28)14-29-23-26-25-21-13-16(3)18-7-5-6-8-20(18)27(21)23/h5-13,19H,4,14H2,1-3H3,(H,24,28). The Hall–Kier alpha value is -2.86. The van der Waals surface area contributed by atoms with Crippen LogP contribution < -0.4 is 5.32 Å². The van der Waals surface area contributed by atoms with Gasteiger partial charge in [-0.25, -0.2) is 0 Å². The van der Waals surface area contributed by atoms with Gasteiger partial charge in [0, 0.05) is 5.39 Å². The number of hydrogen-bond donors (Lipinski definition) is 1. The summed E-state index contributed by atoms with van der Waals surface area (Å²) in [6.07, 6.45) is 0.844. The van der Waals surface area contributed by atoms with Crippen molar-refractivity contribution in [3.8, 4) is 0 Å². The normalized spacial score (nSPS) is 12.4. The number of thioether (sulfide) groups is 1. The number of carbonyl (C=O) groups excluding carboxylic acids is 1. The van der Waals surface area contributed by atoms with Gasteiger partial charge < -0.3 is 5.32 Å². The molecule has 0 radical (unpaired) electrons. The highest BCUT2D eigenvalue weighted by Gasteiger charge is 2.16. The van der Waals surface area contributed by atoms with E-state index in [0.717, 1.165) is 33.7 Å². The van der Waals surface area contributed by atoms with Gasteiger partial charge in [-0.1, -0.05) is 66.7 Å². The van der Waals surface area contributed by atoms with Gasteiger partial charge in [-0.3, -0.25) is 9.20 Å². The zero-order chi connectivity index (χ0) is 20.4. The number of para-hydroxylation sites is 1. The highest BCUT2D eigenvalue weighted by atomic mass is 32.2. The number of amides is 1. The fraction of sp³-hybridized carbons (Fsp3) is 0.261. The third kappa shape index (κ3) is 3.98. The van der Waals surface area contributed by atoms with Crippen LogP contribution in [0.2, 0.25) is 0 Å². The van der Waals surface area contributed by atoms with Gasteiger partial charge in [0.05, 0.1) is 17.3 Å². The van der Waals surface area contributed by atoms with Crippen LogP contribution in [0.5, 0.6) is 0 Å². The van der Waals surface area contributed by atoms with Crippen molar-refractivity contribution >= 4 is 34.2 Å². The van der Waals surface area contributed by atoms with Crippen LogP contribution in [0.25, 0.3) is 16.6 Å². The summed E-state index contributed by atoms with van der Waals surface area (Å²) in [5, 5.41) is 13.7. The number of aromatic nitrogens is 3. The first kappa shape index (κ1) is 19.5. The molecule has 0 saturated carbocycles. The molecule has 0 saturated heterocycles. The van der Waals surface area contributed by atoms with Gasteiger partial charge in [0.1, 0.15) is 0 Å². The number of carbonyl (C=O) groups is 1. The minimum absolute atomic E-state index is 0.00408. The Morgan fingerprint density at radius 2 is 1.86 bits per heavy atom. The Morgan fingerprint density at radius 1 is 1.10 bits per heavy atom. The fourth-order valence-corrected chi connectivity index (χ4v) is 4.32. The lowest BCUT2D eigenvalue weighted by Crippen LogP contribution is -2.29. The van der Waals surface area contributed by atoms with Crippen molar-refractivity contribution in [3.63, 3.8) is 0 Å². The molecule has 2 aromatic carbocycles. The molecule has 4 aromatic rings. The molecule has 0 fully saturated rings. The van der Waals surface area contributed by atoms with E-state index < -0.39 is 0 Å². The van der Waals surface area contributed by atoms with E-state index in [2.05, 4.69) is 72.7 Å². The van der Waals surface area contributed by atoms with Crippen LogP contribution in [-0.2, 0) is 4.79 Å². The molecule has 6 heteroatoms. The van der Waals surface area contributed by atoms with Crippen LogP contribution in [0.1, 0.15) is 36.1 Å². The number of nitrogens with zero attached hydrogens (tertiary/aromatic N) is 3. The van der Waals surface area contributed by atoms with Gasteiger partial charge >= 0.3 is 0 Å². The molecule has 0 bridgehead atoms. The topological polar surface area (TPSA) is 59.3 Å². The van der Waals surface area contributed by atoms with E-state index >= 15 is 0 Å². The van der Waals surface area contributed by atoms with Crippen LogP contribution >= 0.6 is 11.8 Å². The van der Waals surface area contributed by atoms with E-state index in [-0.39, 0.29) is 11.9 Å². The van der Waals surface area contributed by atoms with Crippen LogP contribution in [0.15, 0.2) is 59.8 Å². The molecule has 0 spiro atoms. The first-order chi connectivity index (χ1) is 14.1. The molecule has 2 heterocycles. The van der Waals surface area contributed by atoms with Crippen molar-refractivity contribution in [2.24, 2.45) is 0 Å². The maximum absolute atomic E-state index is 12.6. The van der Waals surface area contributed by atoms with E-state index in [1.807, 2.05) is 22.6 Å². The smallest absolute Gasteiger partial charge is 0.230 e. The van der Waals surface area contributed by atoms with Gasteiger partial charge in [0.15, 0.2) is 10.8 Å². The number of nitrogens with one attached hydrogen (secondary N) is 1. The summed E-state index contributed by atoms with van der Waals surface area (Å²) < 4.78 is 2.03. The number of aryl methyl sites for hydroxylation is 2. The van der Waals surface area contributed by atoms with Gasteiger partial charge in [-0.05, 0) is 43.5 Å². The number of hydrogen-bond acceptors (Lipinski definition) is 4. The number of benzene rings is 2. The van der Waals surface area contributed by atoms with Crippen molar-refractivity contribution < 1.29 is 4.79 Å². The number of rotatable bonds is 6. The summed E-state index contributed by atoms with van der Waals surface area (Å²) in [5.41, 5.74) is 5.37. The van der Waals surface area contributed by atoms with Crippen LogP contribution in [0, 0.1) is 13.8 Å². The average Bonchev–Trinajstić information content (AvgIpc) is 3.14. The second-order valence-corrected chi connectivity index (χ2v) is 8.19. The quantitative estimate of drug-likeness (QED) is 0.466. The Kier molecular flexibility index (Phi) is 5.53. The maximum atomic E-state index is 12.6. The zero-order valence-corrected chi connectivity index (χ0v) is 17.7. The maximum Gasteiger partial charge on any atom is 0.230 e. The van der Waals surface area contributed by atoms with Crippen molar-refractivity contribution in [1.82, 2.24) is 19.9 Å². The molecular weight excluding hydrogens is 380 g/mol. The van der Waals surface area contributed by atoms with Gasteiger partial charge in [0.25, 0.3) is 0 Å². The van der Waals surface area contributed by atoms with Crippen molar-refractivity contribution in [3.05, 3.63) is 71.3 Å². The Bertz CT molecular complexity index is 1170. The zero-order valence-electron chi connectivity index (χ0n) is 16.8. The molecule has 2 aromatic heterocycles. The summed E-state index contributed by atoms with van der Waals surface area (Å²) in [6, 6.07) is 18.6. The van der Waals surface area contributed by atoms with Crippen LogP contribution in [0.4, 0.5) is 0 Å². The Balaban J connectivity index is 1.51. The van der Waals surface area contributed by atoms with E-state index in [9.17, 15) is 4.79 Å². The molecule has 1 amide bonds. The first-order valence-electron chi connectivity index (χ1n) is 9.79. The molecule has 0 aliphatic carbocycles. The minimum atomic E-state index is -0.00408. The lowest BCUT2D eigenvalue weighted by Gasteiger charge is -2.17. The van der Waals surface area contributed by atoms with E-state index in [1.165, 1.54) is 22.9 Å². The fourth-order valence-electron chi connectivity index (χ4n) is 3.55. The SMILES string of the molecule is CCC(NC(=O)CSc1nnc2cc(C)c3ccccc3n12)c1ccc(C)cc1. The van der Waals surface area contributed by atoms with Crippen molar-refractivity contribution in [2.75, 3.05) is 5.75 Å². The molecular formula is C23H24N4OS. The number of fused-ring (bicyclic) bond motifs is 3. The summed E-state index contributed by atoms with van der Waals surface area (Å²) in [6.45, 7) is 6.22. The third-order valence-corrected chi connectivity index (χ3v) is 6.06. The highest BCUT2D eigenvalue weighted by Crippen LogP contribution is 2.26. The average molecular weight is 405 g/mol. The monoisotopic (exact) mass is 404 g/mol. The van der Waals surface area contributed by atoms with Gasteiger partial charge in [0.2, 0.25) is 5.91 Å². The molecule has 1 atom stereocenters. The largest absolute Gasteiger partial charge is 0.349 e. The number of pyridine rings is 1. The molecule has 4 rings (SSSR count). The predicted molar refractivity (Wildman–Crippen MR) is 118 cm³/mol. The third-order valence-electron chi connectivity index (χ3n) is 5.13. The summed E-state index contributed by atoms with van der Waals surface area (Å²) in [5.74, 6) is 0.293. The van der Waals surface area contributed by atoms with E-state index in [1.54, 1.807) is 0 Å². The van der Waals surface area contributed by atoms with Gasteiger partial charge in [-0.15, -0.1) is 10.2 Å². The molecule has 0 aliphatic heterocycles. The first-order valence-corrected chi connectivity index (χ1v) is 10.8.